The summed E-state index contributed by atoms with van der Waals surface area (Å²) in [6.45, 7) is 6.69. The molecule has 1 fully saturated rings. The number of carbonyl (C=O) groups is 1. The highest BCUT2D eigenvalue weighted by molar-refractivity contribution is 5.77. The van der Waals surface area contributed by atoms with Crippen LogP contribution in [0.15, 0.2) is 4.52 Å². The second-order valence-corrected chi connectivity index (χ2v) is 5.27. The lowest BCUT2D eigenvalue weighted by Gasteiger charge is -2.35. The third-order valence-electron chi connectivity index (χ3n) is 3.48. The van der Waals surface area contributed by atoms with Crippen molar-refractivity contribution >= 4 is 11.9 Å². The minimum Gasteiger partial charge on any atom is -0.369 e. The van der Waals surface area contributed by atoms with Crippen molar-refractivity contribution in [2.45, 2.75) is 45.6 Å². The Morgan fingerprint density at radius 3 is 2.78 bits per heavy atom. The molecule has 1 aliphatic rings. The Balaban J connectivity index is 2.16. The van der Waals surface area contributed by atoms with Crippen LogP contribution in [0.25, 0.3) is 0 Å². The number of aromatic nitrogens is 2. The van der Waals surface area contributed by atoms with Crippen molar-refractivity contribution in [2.24, 2.45) is 11.7 Å². The molecule has 0 spiro atoms. The van der Waals surface area contributed by atoms with Crippen molar-refractivity contribution in [1.82, 2.24) is 10.1 Å². The van der Waals surface area contributed by atoms with Crippen LogP contribution < -0.4 is 10.6 Å². The van der Waals surface area contributed by atoms with Gasteiger partial charge >= 0.3 is 6.01 Å². The molecule has 1 saturated heterocycles. The molecule has 2 rings (SSSR count). The SMILES string of the molecule is CC(C)c1noc(N2C[C@H](C(N)=O)CC[C@H]2C)n1. The van der Waals surface area contributed by atoms with E-state index in [9.17, 15) is 4.79 Å². The van der Waals surface area contributed by atoms with Crippen LogP contribution in [-0.4, -0.2) is 28.6 Å². The van der Waals surface area contributed by atoms with Gasteiger partial charge in [0.05, 0.1) is 5.92 Å². The van der Waals surface area contributed by atoms with Gasteiger partial charge in [0.2, 0.25) is 5.91 Å². The van der Waals surface area contributed by atoms with E-state index in [0.29, 0.717) is 24.4 Å². The van der Waals surface area contributed by atoms with Gasteiger partial charge < -0.3 is 15.2 Å². The van der Waals surface area contributed by atoms with Crippen LogP contribution >= 0.6 is 0 Å². The molecule has 2 N–H and O–H groups in total. The van der Waals surface area contributed by atoms with Crippen LogP contribution in [0.1, 0.15) is 45.4 Å². The summed E-state index contributed by atoms with van der Waals surface area (Å²) in [6.07, 6.45) is 1.74. The van der Waals surface area contributed by atoms with Gasteiger partial charge in [0.1, 0.15) is 0 Å². The molecular formula is C12H20N4O2. The van der Waals surface area contributed by atoms with Crippen LogP contribution in [-0.2, 0) is 4.79 Å². The topological polar surface area (TPSA) is 85.3 Å². The van der Waals surface area contributed by atoms with Crippen LogP contribution in [0, 0.1) is 5.92 Å². The average molecular weight is 252 g/mol. The first-order valence-corrected chi connectivity index (χ1v) is 6.38. The van der Waals surface area contributed by atoms with Gasteiger partial charge in [0.25, 0.3) is 0 Å². The second kappa shape index (κ2) is 4.96. The first kappa shape index (κ1) is 12.9. The van der Waals surface area contributed by atoms with Crippen LogP contribution in [0.5, 0.6) is 0 Å². The molecule has 2 heterocycles. The number of nitrogens with two attached hydrogens (primary N) is 1. The first-order chi connectivity index (χ1) is 8.49. The van der Waals surface area contributed by atoms with Crippen molar-refractivity contribution in [1.29, 1.82) is 0 Å². The van der Waals surface area contributed by atoms with E-state index in [1.165, 1.54) is 0 Å². The minimum atomic E-state index is -0.254. The van der Waals surface area contributed by atoms with Crippen molar-refractivity contribution in [3.63, 3.8) is 0 Å². The fourth-order valence-electron chi connectivity index (χ4n) is 2.18. The van der Waals surface area contributed by atoms with Crippen molar-refractivity contribution < 1.29 is 9.32 Å². The molecule has 0 saturated carbocycles. The molecule has 1 aliphatic heterocycles. The van der Waals surface area contributed by atoms with Gasteiger partial charge in [0, 0.05) is 18.5 Å². The summed E-state index contributed by atoms with van der Waals surface area (Å²) >= 11 is 0. The molecule has 6 nitrogen and oxygen atoms in total. The zero-order valence-corrected chi connectivity index (χ0v) is 11.1. The third kappa shape index (κ3) is 2.47. The molecule has 0 aliphatic carbocycles. The Kier molecular flexibility index (Phi) is 3.54. The summed E-state index contributed by atoms with van der Waals surface area (Å²) in [4.78, 5) is 17.6. The molecule has 1 aromatic rings. The van der Waals surface area contributed by atoms with Crippen molar-refractivity contribution in [3.8, 4) is 0 Å². The van der Waals surface area contributed by atoms with Crippen LogP contribution in [0.4, 0.5) is 6.01 Å². The smallest absolute Gasteiger partial charge is 0.324 e. The molecule has 0 unspecified atom stereocenters. The third-order valence-corrected chi connectivity index (χ3v) is 3.48. The normalized spacial score (nSPS) is 24.6. The Labute approximate surface area is 107 Å². The zero-order valence-electron chi connectivity index (χ0n) is 11.1. The monoisotopic (exact) mass is 252 g/mol. The second-order valence-electron chi connectivity index (χ2n) is 5.27. The standard InChI is InChI=1S/C12H20N4O2/c1-7(2)11-14-12(18-15-11)16-6-9(10(13)17)5-4-8(16)3/h7-9H,4-6H2,1-3H3,(H2,13,17)/t8-,9-/m1/s1. The summed E-state index contributed by atoms with van der Waals surface area (Å²) in [7, 11) is 0. The van der Waals surface area contributed by atoms with Crippen molar-refractivity contribution in [2.75, 3.05) is 11.4 Å². The minimum absolute atomic E-state index is 0.129. The number of hydrogen-bond acceptors (Lipinski definition) is 5. The first-order valence-electron chi connectivity index (χ1n) is 6.38. The number of hydrogen-bond donors (Lipinski definition) is 1. The summed E-state index contributed by atoms with van der Waals surface area (Å²) in [5.41, 5.74) is 5.37. The zero-order chi connectivity index (χ0) is 13.3. The van der Waals surface area contributed by atoms with Crippen molar-refractivity contribution in [3.05, 3.63) is 5.82 Å². The summed E-state index contributed by atoms with van der Waals surface area (Å²) in [6, 6.07) is 0.790. The molecule has 6 heteroatoms. The molecule has 100 valence electrons. The average Bonchev–Trinajstić information content (AvgIpc) is 2.78. The van der Waals surface area contributed by atoms with E-state index < -0.39 is 0 Å². The number of primary amides is 1. The molecule has 1 aromatic heterocycles. The van der Waals surface area contributed by atoms with Gasteiger partial charge in [-0.15, -0.1) is 0 Å². The van der Waals surface area contributed by atoms with Gasteiger partial charge in [-0.1, -0.05) is 19.0 Å². The van der Waals surface area contributed by atoms with E-state index in [2.05, 4.69) is 17.1 Å². The van der Waals surface area contributed by atoms with E-state index in [0.717, 1.165) is 12.8 Å². The number of piperidine rings is 1. The Morgan fingerprint density at radius 2 is 2.22 bits per heavy atom. The van der Waals surface area contributed by atoms with E-state index in [4.69, 9.17) is 10.3 Å². The van der Waals surface area contributed by atoms with Crippen LogP contribution in [0.2, 0.25) is 0 Å². The van der Waals surface area contributed by atoms with E-state index in [-0.39, 0.29) is 17.7 Å². The van der Waals surface area contributed by atoms with E-state index in [1.54, 1.807) is 0 Å². The quantitative estimate of drug-likeness (QED) is 0.876. The molecule has 0 aromatic carbocycles. The Morgan fingerprint density at radius 1 is 1.50 bits per heavy atom. The lowest BCUT2D eigenvalue weighted by atomic mass is 9.93. The van der Waals surface area contributed by atoms with Gasteiger partial charge in [-0.25, -0.2) is 0 Å². The lowest BCUT2D eigenvalue weighted by molar-refractivity contribution is -0.122. The maximum absolute atomic E-state index is 11.3. The molecule has 0 bridgehead atoms. The Hall–Kier alpha value is -1.59. The van der Waals surface area contributed by atoms with E-state index >= 15 is 0 Å². The molecule has 18 heavy (non-hydrogen) atoms. The highest BCUT2D eigenvalue weighted by atomic mass is 16.5. The van der Waals surface area contributed by atoms with Gasteiger partial charge in [-0.05, 0) is 19.8 Å². The fraction of sp³-hybridized carbons (Fsp3) is 0.750. The number of nitrogens with zero attached hydrogens (tertiary/aromatic N) is 3. The largest absolute Gasteiger partial charge is 0.369 e. The fourth-order valence-corrected chi connectivity index (χ4v) is 2.18. The van der Waals surface area contributed by atoms with E-state index in [1.807, 2.05) is 18.7 Å². The number of amides is 1. The maximum atomic E-state index is 11.3. The predicted octanol–water partition coefficient (Wildman–Crippen LogP) is 1.28. The highest BCUT2D eigenvalue weighted by Crippen LogP contribution is 2.27. The molecular weight excluding hydrogens is 232 g/mol. The summed E-state index contributed by atoms with van der Waals surface area (Å²) in [5, 5.41) is 3.95. The maximum Gasteiger partial charge on any atom is 0.324 e. The molecule has 1 amide bonds. The van der Waals surface area contributed by atoms with Crippen LogP contribution in [0.3, 0.4) is 0 Å². The summed E-state index contributed by atoms with van der Waals surface area (Å²) in [5.74, 6) is 0.541. The van der Waals surface area contributed by atoms with Gasteiger partial charge in [-0.3, -0.25) is 4.79 Å². The van der Waals surface area contributed by atoms with Gasteiger partial charge in [-0.2, -0.15) is 4.98 Å². The number of anilines is 1. The molecule has 2 atom stereocenters. The van der Waals surface area contributed by atoms with Gasteiger partial charge in [0.15, 0.2) is 5.82 Å². The highest BCUT2D eigenvalue weighted by Gasteiger charge is 2.31. The molecule has 0 radical (unpaired) electrons. The Bertz CT molecular complexity index is 429. The summed E-state index contributed by atoms with van der Waals surface area (Å²) < 4.78 is 5.28. The number of carbonyl (C=O) groups excluding carboxylic acids is 1. The lowest BCUT2D eigenvalue weighted by Crippen LogP contribution is -2.46. The number of rotatable bonds is 3. The predicted molar refractivity (Wildman–Crippen MR) is 67.1 cm³/mol.